The quantitative estimate of drug-likeness (QED) is 0.186. The van der Waals surface area contributed by atoms with Crippen molar-refractivity contribution in [2.45, 2.75) is 27.0 Å². The average Bonchev–Trinajstić information content (AvgIpc) is 3.42. The molecule has 0 fully saturated rings. The summed E-state index contributed by atoms with van der Waals surface area (Å²) in [7, 11) is 0. The van der Waals surface area contributed by atoms with Crippen LogP contribution in [0.3, 0.4) is 0 Å². The summed E-state index contributed by atoms with van der Waals surface area (Å²) in [6.07, 6.45) is 0. The van der Waals surface area contributed by atoms with E-state index in [9.17, 15) is 0 Å². The smallest absolute Gasteiger partial charge is 0.132 e. The zero-order chi connectivity index (χ0) is 32.2. The second-order valence-electron chi connectivity index (χ2n) is 12.3. The van der Waals surface area contributed by atoms with Gasteiger partial charge in [0.05, 0.1) is 11.1 Å². The second-order valence-corrected chi connectivity index (χ2v) is 13.8. The fraction of sp³-hybridized carbons (Fsp3) is 0.0455. The van der Waals surface area contributed by atoms with E-state index in [1.54, 1.807) is 11.8 Å². The van der Waals surface area contributed by atoms with E-state index >= 15 is 0 Å². The molecule has 0 unspecified atom stereocenters. The maximum atomic E-state index is 6.74. The van der Waals surface area contributed by atoms with Crippen molar-refractivity contribution in [2.75, 3.05) is 4.90 Å². The van der Waals surface area contributed by atoms with Crippen LogP contribution in [-0.2, 0) is 5.41 Å². The van der Waals surface area contributed by atoms with Crippen molar-refractivity contribution in [2.24, 2.45) is 0 Å². The Morgan fingerprint density at radius 2 is 1.17 bits per heavy atom. The molecule has 9 rings (SSSR count). The van der Waals surface area contributed by atoms with Gasteiger partial charge in [0.1, 0.15) is 11.5 Å². The van der Waals surface area contributed by atoms with Gasteiger partial charge < -0.3 is 9.64 Å². The molecule has 48 heavy (non-hydrogen) atoms. The van der Waals surface area contributed by atoms with Gasteiger partial charge in [-0.25, -0.2) is 0 Å². The first-order valence-electron chi connectivity index (χ1n) is 16.2. The van der Waals surface area contributed by atoms with E-state index in [1.807, 2.05) is 0 Å². The van der Waals surface area contributed by atoms with Crippen LogP contribution in [0.2, 0.25) is 0 Å². The molecule has 1 heterocycles. The predicted octanol–water partition coefficient (Wildman–Crippen LogP) is 12.4. The number of benzene rings is 7. The van der Waals surface area contributed by atoms with E-state index in [1.165, 1.54) is 32.7 Å². The number of nitrogens with zero attached hydrogens (tertiary/aromatic N) is 1. The Balaban J connectivity index is 1.32. The Morgan fingerprint density at radius 3 is 1.92 bits per heavy atom. The van der Waals surface area contributed by atoms with Crippen molar-refractivity contribution in [1.82, 2.24) is 0 Å². The van der Waals surface area contributed by atoms with Crippen LogP contribution in [0.15, 0.2) is 178 Å². The van der Waals surface area contributed by atoms with E-state index in [2.05, 4.69) is 176 Å². The monoisotopic (exact) mass is 653 g/mol. The normalized spacial score (nSPS) is 13.2. The number of anilines is 3. The summed E-state index contributed by atoms with van der Waals surface area (Å²) >= 11 is 6.79. The lowest BCUT2D eigenvalue weighted by atomic mass is 9.66. The summed E-state index contributed by atoms with van der Waals surface area (Å²) in [5.41, 5.74) is 11.3. The molecule has 0 N–H and O–H groups in total. The molecule has 230 valence electrons. The molecule has 7 aromatic carbocycles. The van der Waals surface area contributed by atoms with Gasteiger partial charge in [0.2, 0.25) is 0 Å². The number of aryl methyl sites for hydroxylation is 1. The number of ether oxygens (including phenoxy) is 1. The van der Waals surface area contributed by atoms with Gasteiger partial charge in [-0.3, -0.25) is 0 Å². The molecule has 1 spiro atoms. The van der Waals surface area contributed by atoms with Crippen LogP contribution in [0.25, 0.3) is 11.1 Å². The number of fused-ring (bicyclic) bond motifs is 9. The SMILES string of the molecule is Cc1ccccc1Sc1c(S)cccc1N(c1ccccc1)c1ccc2c(c1)C1(c3ccccc3O2)c2ccccc2-c2ccccc21. The van der Waals surface area contributed by atoms with Gasteiger partial charge in [0, 0.05) is 37.2 Å². The minimum absolute atomic E-state index is 0.542. The molecule has 0 saturated carbocycles. The lowest BCUT2D eigenvalue weighted by Gasteiger charge is -2.40. The molecular formula is C44H31NOS2. The Labute approximate surface area is 291 Å². The maximum absolute atomic E-state index is 6.74. The summed E-state index contributed by atoms with van der Waals surface area (Å²) in [6.45, 7) is 2.16. The zero-order valence-electron chi connectivity index (χ0n) is 26.3. The fourth-order valence-corrected chi connectivity index (χ4v) is 8.93. The lowest BCUT2D eigenvalue weighted by molar-refractivity contribution is 0.436. The molecule has 0 amide bonds. The van der Waals surface area contributed by atoms with Gasteiger partial charge >= 0.3 is 0 Å². The minimum Gasteiger partial charge on any atom is -0.457 e. The molecule has 0 aromatic heterocycles. The number of hydrogen-bond donors (Lipinski definition) is 1. The minimum atomic E-state index is -0.542. The summed E-state index contributed by atoms with van der Waals surface area (Å²) < 4.78 is 6.74. The summed E-state index contributed by atoms with van der Waals surface area (Å²) in [5.74, 6) is 1.76. The Kier molecular flexibility index (Phi) is 6.96. The highest BCUT2D eigenvalue weighted by atomic mass is 32.2. The molecule has 0 bridgehead atoms. The predicted molar refractivity (Wildman–Crippen MR) is 201 cm³/mol. The standard InChI is InChI=1S/C44H31NOS2/c1-29-14-5-12-25-42(29)48-43-38(22-13-24-41(43)47)45(30-15-3-2-4-16-30)31-26-27-40-37(28-31)44(36-21-10-11-23-39(36)46-40)34-19-8-6-17-32(34)33-18-7-9-20-35(33)44/h2-28,47H,1H3. The molecule has 0 atom stereocenters. The molecule has 2 nitrogen and oxygen atoms in total. The van der Waals surface area contributed by atoms with Crippen LogP contribution in [0.5, 0.6) is 11.5 Å². The van der Waals surface area contributed by atoms with E-state index < -0.39 is 5.41 Å². The molecule has 0 saturated heterocycles. The van der Waals surface area contributed by atoms with Gasteiger partial charge in [0.25, 0.3) is 0 Å². The molecule has 1 aliphatic carbocycles. The number of thiol groups is 1. The summed E-state index contributed by atoms with van der Waals surface area (Å²) in [6, 6.07) is 58.5. The Hall–Kier alpha value is -5.16. The van der Waals surface area contributed by atoms with Crippen molar-refractivity contribution in [1.29, 1.82) is 0 Å². The Bertz CT molecular complexity index is 2300. The highest BCUT2D eigenvalue weighted by Crippen LogP contribution is 2.62. The second kappa shape index (κ2) is 11.5. The van der Waals surface area contributed by atoms with Gasteiger partial charge in [0.15, 0.2) is 0 Å². The van der Waals surface area contributed by atoms with Gasteiger partial charge in [-0.05, 0) is 89.3 Å². The number of hydrogen-bond acceptors (Lipinski definition) is 4. The molecule has 2 aliphatic rings. The van der Waals surface area contributed by atoms with E-state index in [4.69, 9.17) is 17.4 Å². The lowest BCUT2D eigenvalue weighted by Crippen LogP contribution is -2.32. The highest BCUT2D eigenvalue weighted by Gasteiger charge is 2.51. The van der Waals surface area contributed by atoms with Crippen molar-refractivity contribution >= 4 is 41.5 Å². The third kappa shape index (κ3) is 4.37. The highest BCUT2D eigenvalue weighted by molar-refractivity contribution is 8.00. The molecular weight excluding hydrogens is 623 g/mol. The topological polar surface area (TPSA) is 12.5 Å². The first-order chi connectivity index (χ1) is 23.6. The van der Waals surface area contributed by atoms with Crippen LogP contribution in [0, 0.1) is 6.92 Å². The summed E-state index contributed by atoms with van der Waals surface area (Å²) in [4.78, 5) is 5.61. The van der Waals surface area contributed by atoms with E-state index in [0.29, 0.717) is 0 Å². The van der Waals surface area contributed by atoms with Crippen LogP contribution in [0.1, 0.15) is 27.8 Å². The van der Waals surface area contributed by atoms with Gasteiger partial charge in [-0.15, -0.1) is 12.6 Å². The molecule has 4 heteroatoms. The Morgan fingerprint density at radius 1 is 0.542 bits per heavy atom. The van der Waals surface area contributed by atoms with Crippen LogP contribution in [0.4, 0.5) is 17.1 Å². The van der Waals surface area contributed by atoms with Crippen LogP contribution < -0.4 is 9.64 Å². The molecule has 1 aliphatic heterocycles. The number of para-hydroxylation sites is 2. The largest absolute Gasteiger partial charge is 0.457 e. The van der Waals surface area contributed by atoms with Gasteiger partial charge in [-0.1, -0.05) is 121 Å². The molecule has 0 radical (unpaired) electrons. The van der Waals surface area contributed by atoms with Gasteiger partial charge in [-0.2, -0.15) is 0 Å². The van der Waals surface area contributed by atoms with Crippen molar-refractivity contribution in [3.63, 3.8) is 0 Å². The van der Waals surface area contributed by atoms with Crippen LogP contribution >= 0.6 is 24.4 Å². The summed E-state index contributed by atoms with van der Waals surface area (Å²) in [5, 5.41) is 0. The van der Waals surface area contributed by atoms with E-state index in [0.717, 1.165) is 49.5 Å². The van der Waals surface area contributed by atoms with Crippen molar-refractivity contribution in [3.05, 3.63) is 192 Å². The third-order valence-electron chi connectivity index (χ3n) is 9.62. The first-order valence-corrected chi connectivity index (χ1v) is 17.4. The third-order valence-corrected chi connectivity index (χ3v) is 11.5. The maximum Gasteiger partial charge on any atom is 0.132 e. The fourth-order valence-electron chi connectivity index (χ4n) is 7.56. The van der Waals surface area contributed by atoms with E-state index in [-0.39, 0.29) is 0 Å². The zero-order valence-corrected chi connectivity index (χ0v) is 28.0. The van der Waals surface area contributed by atoms with Crippen molar-refractivity contribution < 1.29 is 4.74 Å². The van der Waals surface area contributed by atoms with Crippen LogP contribution in [-0.4, -0.2) is 0 Å². The molecule has 7 aromatic rings. The van der Waals surface area contributed by atoms with Crippen molar-refractivity contribution in [3.8, 4) is 22.6 Å². The number of rotatable bonds is 5. The first kappa shape index (κ1) is 29.0. The average molecular weight is 654 g/mol.